The maximum absolute atomic E-state index is 12.3. The zero-order chi connectivity index (χ0) is 14.7. The molecule has 0 saturated carbocycles. The second-order valence-corrected chi connectivity index (χ2v) is 6.42. The quantitative estimate of drug-likeness (QED) is 0.650. The lowest BCUT2D eigenvalue weighted by atomic mass is 10.1. The molecule has 1 amide bonds. The van der Waals surface area contributed by atoms with Crippen LogP contribution in [0.2, 0.25) is 10.0 Å². The van der Waals surface area contributed by atoms with E-state index in [2.05, 4.69) is 22.6 Å². The summed E-state index contributed by atoms with van der Waals surface area (Å²) in [5.74, 6) is -0.0572. The van der Waals surface area contributed by atoms with E-state index in [1.165, 1.54) is 0 Å². The van der Waals surface area contributed by atoms with E-state index in [1.54, 1.807) is 24.1 Å². The molecular formula is C15H12Cl2INO. The molecule has 2 aromatic rings. The van der Waals surface area contributed by atoms with Crippen LogP contribution in [0, 0.1) is 3.57 Å². The van der Waals surface area contributed by atoms with Crippen LogP contribution in [0.4, 0.5) is 0 Å². The summed E-state index contributed by atoms with van der Waals surface area (Å²) in [5.41, 5.74) is 1.62. The number of carbonyl (C=O) groups excluding carboxylic acids is 1. The summed E-state index contributed by atoms with van der Waals surface area (Å²) in [7, 11) is 1.77. The van der Waals surface area contributed by atoms with Crippen molar-refractivity contribution in [1.82, 2.24) is 4.90 Å². The lowest BCUT2D eigenvalue weighted by molar-refractivity contribution is 0.0785. The summed E-state index contributed by atoms with van der Waals surface area (Å²) in [6, 6.07) is 12.8. The van der Waals surface area contributed by atoms with Gasteiger partial charge in [0.1, 0.15) is 0 Å². The molecule has 0 fully saturated rings. The molecule has 0 unspecified atom stereocenters. The molecule has 0 saturated heterocycles. The van der Waals surface area contributed by atoms with Gasteiger partial charge in [-0.2, -0.15) is 0 Å². The summed E-state index contributed by atoms with van der Waals surface area (Å²) in [6.45, 7) is 0.527. The van der Waals surface area contributed by atoms with Gasteiger partial charge in [-0.15, -0.1) is 0 Å². The Balaban J connectivity index is 2.11. The Morgan fingerprint density at radius 2 is 1.80 bits per heavy atom. The zero-order valence-electron chi connectivity index (χ0n) is 10.7. The van der Waals surface area contributed by atoms with Crippen LogP contribution < -0.4 is 0 Å². The topological polar surface area (TPSA) is 20.3 Å². The lowest BCUT2D eigenvalue weighted by Gasteiger charge is -2.17. The minimum Gasteiger partial charge on any atom is -0.337 e. The summed E-state index contributed by atoms with van der Waals surface area (Å²) in [4.78, 5) is 14.0. The van der Waals surface area contributed by atoms with Crippen molar-refractivity contribution in [2.75, 3.05) is 7.05 Å². The third-order valence-electron chi connectivity index (χ3n) is 2.85. The van der Waals surface area contributed by atoms with Gasteiger partial charge in [0.25, 0.3) is 5.91 Å². The van der Waals surface area contributed by atoms with E-state index < -0.39 is 0 Å². The monoisotopic (exact) mass is 419 g/mol. The second kappa shape index (κ2) is 6.78. The highest BCUT2D eigenvalue weighted by Crippen LogP contribution is 2.20. The van der Waals surface area contributed by atoms with E-state index >= 15 is 0 Å². The molecule has 0 bridgehead atoms. The number of hydrogen-bond donors (Lipinski definition) is 0. The minimum atomic E-state index is -0.0572. The number of carbonyl (C=O) groups is 1. The van der Waals surface area contributed by atoms with Gasteiger partial charge in [0.2, 0.25) is 0 Å². The molecule has 0 aromatic heterocycles. The first-order valence-electron chi connectivity index (χ1n) is 5.92. The number of benzene rings is 2. The maximum Gasteiger partial charge on any atom is 0.253 e. The summed E-state index contributed by atoms with van der Waals surface area (Å²) in [5, 5.41) is 1.28. The van der Waals surface area contributed by atoms with Crippen LogP contribution in [0.3, 0.4) is 0 Å². The van der Waals surface area contributed by atoms with Crippen molar-refractivity contribution in [3.63, 3.8) is 0 Å². The van der Waals surface area contributed by atoms with Gasteiger partial charge in [-0.3, -0.25) is 4.79 Å². The first-order valence-corrected chi connectivity index (χ1v) is 7.76. The number of amides is 1. The molecule has 5 heteroatoms. The van der Waals surface area contributed by atoms with Crippen LogP contribution >= 0.6 is 45.8 Å². The number of nitrogens with zero attached hydrogens (tertiary/aromatic N) is 1. The van der Waals surface area contributed by atoms with E-state index in [9.17, 15) is 4.79 Å². The zero-order valence-corrected chi connectivity index (χ0v) is 14.4. The van der Waals surface area contributed by atoms with Gasteiger partial charge >= 0.3 is 0 Å². The molecule has 0 heterocycles. The van der Waals surface area contributed by atoms with Gasteiger partial charge in [0.15, 0.2) is 0 Å². The van der Waals surface area contributed by atoms with Crippen molar-refractivity contribution in [3.05, 3.63) is 67.2 Å². The summed E-state index contributed by atoms with van der Waals surface area (Å²) >= 11 is 14.0. The van der Waals surface area contributed by atoms with Gasteiger partial charge < -0.3 is 4.90 Å². The Bertz CT molecular complexity index is 628. The van der Waals surface area contributed by atoms with Crippen molar-refractivity contribution in [3.8, 4) is 0 Å². The van der Waals surface area contributed by atoms with E-state index in [0.717, 1.165) is 9.13 Å². The van der Waals surface area contributed by atoms with E-state index in [1.807, 2.05) is 30.3 Å². The highest BCUT2D eigenvalue weighted by atomic mass is 127. The van der Waals surface area contributed by atoms with Gasteiger partial charge in [0, 0.05) is 27.7 Å². The molecule has 104 valence electrons. The SMILES string of the molecule is CN(Cc1ccc(Cl)cc1)C(=O)c1ccc(I)c(Cl)c1. The van der Waals surface area contributed by atoms with Crippen LogP contribution in [0.15, 0.2) is 42.5 Å². The second-order valence-electron chi connectivity index (χ2n) is 4.42. The Hall–Kier alpha value is -0.780. The maximum atomic E-state index is 12.3. The standard InChI is InChI=1S/C15H12Cl2INO/c1-19(9-10-2-5-12(16)6-3-10)15(20)11-4-7-14(18)13(17)8-11/h2-8H,9H2,1H3. The normalized spacial score (nSPS) is 10.4. The fourth-order valence-electron chi connectivity index (χ4n) is 1.79. The molecule has 2 rings (SSSR count). The van der Waals surface area contributed by atoms with Crippen molar-refractivity contribution in [1.29, 1.82) is 0 Å². The van der Waals surface area contributed by atoms with Crippen molar-refractivity contribution in [2.24, 2.45) is 0 Å². The lowest BCUT2D eigenvalue weighted by Crippen LogP contribution is -2.26. The molecule has 2 nitrogen and oxygen atoms in total. The number of hydrogen-bond acceptors (Lipinski definition) is 1. The molecule has 0 spiro atoms. The van der Waals surface area contributed by atoms with Gasteiger partial charge in [-0.25, -0.2) is 0 Å². The Morgan fingerprint density at radius 3 is 2.40 bits per heavy atom. The van der Waals surface area contributed by atoms with Crippen molar-refractivity contribution >= 4 is 51.7 Å². The molecule has 0 atom stereocenters. The fraction of sp³-hybridized carbons (Fsp3) is 0.133. The highest BCUT2D eigenvalue weighted by Gasteiger charge is 2.13. The Morgan fingerprint density at radius 1 is 1.15 bits per heavy atom. The Labute approximate surface area is 141 Å². The average molecular weight is 420 g/mol. The Kier molecular flexibility index (Phi) is 5.29. The number of rotatable bonds is 3. The molecule has 20 heavy (non-hydrogen) atoms. The number of halogens is 3. The fourth-order valence-corrected chi connectivity index (χ4v) is 2.43. The van der Waals surface area contributed by atoms with Crippen LogP contribution in [-0.4, -0.2) is 17.9 Å². The third-order valence-corrected chi connectivity index (χ3v) is 4.67. The summed E-state index contributed by atoms with van der Waals surface area (Å²) < 4.78 is 0.932. The molecule has 0 N–H and O–H groups in total. The molecule has 0 aliphatic heterocycles. The molecule has 0 radical (unpaired) electrons. The van der Waals surface area contributed by atoms with E-state index in [0.29, 0.717) is 22.2 Å². The minimum absolute atomic E-state index is 0.0572. The molecule has 0 aliphatic rings. The smallest absolute Gasteiger partial charge is 0.253 e. The average Bonchev–Trinajstić information content (AvgIpc) is 2.43. The highest BCUT2D eigenvalue weighted by molar-refractivity contribution is 14.1. The van der Waals surface area contributed by atoms with Crippen LogP contribution in [0.25, 0.3) is 0 Å². The molecular weight excluding hydrogens is 408 g/mol. The predicted molar refractivity (Wildman–Crippen MR) is 91.4 cm³/mol. The van der Waals surface area contributed by atoms with Crippen LogP contribution in [-0.2, 0) is 6.54 Å². The first-order chi connectivity index (χ1) is 9.47. The molecule has 2 aromatic carbocycles. The van der Waals surface area contributed by atoms with Gasteiger partial charge in [-0.05, 0) is 58.5 Å². The van der Waals surface area contributed by atoms with E-state index in [4.69, 9.17) is 23.2 Å². The molecule has 0 aliphatic carbocycles. The van der Waals surface area contributed by atoms with Crippen LogP contribution in [0.5, 0.6) is 0 Å². The van der Waals surface area contributed by atoms with E-state index in [-0.39, 0.29) is 5.91 Å². The first kappa shape index (κ1) is 15.6. The largest absolute Gasteiger partial charge is 0.337 e. The predicted octanol–water partition coefficient (Wildman–Crippen LogP) is 4.87. The van der Waals surface area contributed by atoms with Crippen LogP contribution in [0.1, 0.15) is 15.9 Å². The van der Waals surface area contributed by atoms with Crippen molar-refractivity contribution in [2.45, 2.75) is 6.54 Å². The van der Waals surface area contributed by atoms with Gasteiger partial charge in [0.05, 0.1) is 5.02 Å². The van der Waals surface area contributed by atoms with Crippen molar-refractivity contribution < 1.29 is 4.79 Å². The third kappa shape index (κ3) is 3.87. The summed E-state index contributed by atoms with van der Waals surface area (Å²) in [6.07, 6.45) is 0. The van der Waals surface area contributed by atoms with Gasteiger partial charge in [-0.1, -0.05) is 35.3 Å².